The summed E-state index contributed by atoms with van der Waals surface area (Å²) in [5.41, 5.74) is 3.22. The molecular weight excluding hydrogens is 352 g/mol. The highest BCUT2D eigenvalue weighted by atomic mass is 16.5. The molecule has 2 aromatic carbocycles. The zero-order valence-electron chi connectivity index (χ0n) is 16.4. The van der Waals surface area contributed by atoms with Crippen LogP contribution in [0.5, 0.6) is 5.75 Å². The molecule has 0 unspecified atom stereocenters. The van der Waals surface area contributed by atoms with Crippen LogP contribution in [0.2, 0.25) is 0 Å². The summed E-state index contributed by atoms with van der Waals surface area (Å²) in [6.45, 7) is 6.46. The van der Waals surface area contributed by atoms with Crippen molar-refractivity contribution < 1.29 is 14.3 Å². The van der Waals surface area contributed by atoms with Gasteiger partial charge in [0.05, 0.1) is 5.69 Å². The summed E-state index contributed by atoms with van der Waals surface area (Å²) < 4.78 is 5.32. The first-order chi connectivity index (χ1) is 13.6. The minimum absolute atomic E-state index is 0.00410. The Hall–Kier alpha value is -3.08. The van der Waals surface area contributed by atoms with E-state index in [0.717, 1.165) is 31.5 Å². The van der Waals surface area contributed by atoms with E-state index in [1.807, 2.05) is 18.2 Å². The molecule has 1 N–H and O–H groups in total. The Balaban J connectivity index is 1.69. The van der Waals surface area contributed by atoms with E-state index >= 15 is 0 Å². The topological polar surface area (TPSA) is 58.6 Å². The SMILES string of the molecule is CCCN(CCC)c1ccc(/C=C/C(=O)c2ccc3c(c2)NC(=O)CO3)cc1. The van der Waals surface area contributed by atoms with Crippen molar-refractivity contribution >= 4 is 29.1 Å². The van der Waals surface area contributed by atoms with E-state index in [2.05, 4.69) is 36.2 Å². The van der Waals surface area contributed by atoms with Gasteiger partial charge in [-0.3, -0.25) is 9.59 Å². The number of hydrogen-bond acceptors (Lipinski definition) is 4. The second-order valence-electron chi connectivity index (χ2n) is 6.82. The number of benzene rings is 2. The van der Waals surface area contributed by atoms with Crippen molar-refractivity contribution in [3.8, 4) is 5.75 Å². The maximum atomic E-state index is 12.5. The van der Waals surface area contributed by atoms with Crippen molar-refractivity contribution in [2.24, 2.45) is 0 Å². The van der Waals surface area contributed by atoms with Gasteiger partial charge in [-0.15, -0.1) is 0 Å². The Labute approximate surface area is 166 Å². The molecule has 0 aromatic heterocycles. The fraction of sp³-hybridized carbons (Fsp3) is 0.304. The average Bonchev–Trinajstić information content (AvgIpc) is 2.71. The van der Waals surface area contributed by atoms with Crippen LogP contribution in [0.1, 0.15) is 42.6 Å². The van der Waals surface area contributed by atoms with Crippen LogP contribution in [-0.4, -0.2) is 31.4 Å². The van der Waals surface area contributed by atoms with Gasteiger partial charge in [0.15, 0.2) is 12.4 Å². The molecule has 1 aliphatic rings. The second-order valence-corrected chi connectivity index (χ2v) is 6.82. The molecule has 146 valence electrons. The molecule has 28 heavy (non-hydrogen) atoms. The lowest BCUT2D eigenvalue weighted by Gasteiger charge is -2.23. The molecule has 0 spiro atoms. The number of nitrogens with zero attached hydrogens (tertiary/aromatic N) is 1. The summed E-state index contributed by atoms with van der Waals surface area (Å²) in [5.74, 6) is 0.248. The molecular formula is C23H26N2O3. The van der Waals surface area contributed by atoms with Gasteiger partial charge in [0.1, 0.15) is 5.75 Å². The molecule has 1 aliphatic heterocycles. The number of carbonyl (C=O) groups excluding carboxylic acids is 2. The Bertz CT molecular complexity index is 866. The molecule has 0 atom stereocenters. The lowest BCUT2D eigenvalue weighted by atomic mass is 10.1. The summed E-state index contributed by atoms with van der Waals surface area (Å²) in [6.07, 6.45) is 5.59. The number of ketones is 1. The van der Waals surface area contributed by atoms with Crippen molar-refractivity contribution in [2.75, 3.05) is 29.9 Å². The van der Waals surface area contributed by atoms with Crippen LogP contribution >= 0.6 is 0 Å². The number of amides is 1. The van der Waals surface area contributed by atoms with E-state index < -0.39 is 0 Å². The summed E-state index contributed by atoms with van der Waals surface area (Å²) in [5, 5.41) is 2.72. The molecule has 0 saturated carbocycles. The lowest BCUT2D eigenvalue weighted by Crippen LogP contribution is -2.25. The van der Waals surface area contributed by atoms with Gasteiger partial charge < -0.3 is 15.0 Å². The minimum atomic E-state index is -0.215. The first kappa shape index (κ1) is 19.7. The predicted molar refractivity (Wildman–Crippen MR) is 113 cm³/mol. The minimum Gasteiger partial charge on any atom is -0.482 e. The smallest absolute Gasteiger partial charge is 0.262 e. The molecule has 1 amide bonds. The summed E-state index contributed by atoms with van der Waals surface area (Å²) >= 11 is 0. The average molecular weight is 378 g/mol. The van der Waals surface area contributed by atoms with E-state index in [9.17, 15) is 9.59 Å². The molecule has 3 rings (SSSR count). The number of rotatable bonds is 8. The summed E-state index contributed by atoms with van der Waals surface area (Å²) in [6, 6.07) is 13.3. The summed E-state index contributed by atoms with van der Waals surface area (Å²) in [7, 11) is 0. The Morgan fingerprint density at radius 3 is 2.50 bits per heavy atom. The number of ether oxygens (including phenoxy) is 1. The molecule has 0 saturated heterocycles. The Morgan fingerprint density at radius 2 is 1.82 bits per heavy atom. The van der Waals surface area contributed by atoms with Gasteiger partial charge in [0.25, 0.3) is 5.91 Å². The monoisotopic (exact) mass is 378 g/mol. The van der Waals surface area contributed by atoms with Crippen molar-refractivity contribution in [3.05, 3.63) is 59.7 Å². The molecule has 5 nitrogen and oxygen atoms in total. The van der Waals surface area contributed by atoms with Gasteiger partial charge in [-0.25, -0.2) is 0 Å². The number of hydrogen-bond donors (Lipinski definition) is 1. The van der Waals surface area contributed by atoms with Gasteiger partial charge in [0, 0.05) is 24.3 Å². The molecule has 0 radical (unpaired) electrons. The molecule has 0 aliphatic carbocycles. The van der Waals surface area contributed by atoms with Crippen LogP contribution in [0.3, 0.4) is 0 Å². The largest absolute Gasteiger partial charge is 0.482 e. The maximum Gasteiger partial charge on any atom is 0.262 e. The normalized spacial score (nSPS) is 13.0. The molecule has 0 bridgehead atoms. The number of carbonyl (C=O) groups is 2. The van der Waals surface area contributed by atoms with Crippen LogP contribution < -0.4 is 15.0 Å². The fourth-order valence-electron chi connectivity index (χ4n) is 3.21. The van der Waals surface area contributed by atoms with Crippen LogP contribution in [-0.2, 0) is 4.79 Å². The van der Waals surface area contributed by atoms with Crippen LogP contribution in [0, 0.1) is 0 Å². The van der Waals surface area contributed by atoms with Crippen LogP contribution in [0.25, 0.3) is 6.08 Å². The predicted octanol–water partition coefficient (Wildman–Crippen LogP) is 4.54. The van der Waals surface area contributed by atoms with E-state index in [1.54, 1.807) is 24.3 Å². The second kappa shape index (κ2) is 9.22. The van der Waals surface area contributed by atoms with Crippen molar-refractivity contribution in [3.63, 3.8) is 0 Å². The fourth-order valence-corrected chi connectivity index (χ4v) is 3.21. The number of fused-ring (bicyclic) bond motifs is 1. The van der Waals surface area contributed by atoms with Crippen molar-refractivity contribution in [1.82, 2.24) is 0 Å². The number of allylic oxidation sites excluding steroid dienone is 1. The van der Waals surface area contributed by atoms with Crippen LogP contribution in [0.4, 0.5) is 11.4 Å². The zero-order chi connectivity index (χ0) is 19.9. The summed E-state index contributed by atoms with van der Waals surface area (Å²) in [4.78, 5) is 26.3. The Kier molecular flexibility index (Phi) is 6.48. The van der Waals surface area contributed by atoms with Gasteiger partial charge in [-0.1, -0.05) is 32.1 Å². The third-order valence-electron chi connectivity index (χ3n) is 4.57. The quantitative estimate of drug-likeness (QED) is 0.541. The third kappa shape index (κ3) is 4.80. The number of nitrogens with one attached hydrogen (secondary N) is 1. The van der Waals surface area contributed by atoms with E-state index in [4.69, 9.17) is 4.74 Å². The lowest BCUT2D eigenvalue weighted by molar-refractivity contribution is -0.118. The van der Waals surface area contributed by atoms with E-state index in [1.165, 1.54) is 5.69 Å². The third-order valence-corrected chi connectivity index (χ3v) is 4.57. The van der Waals surface area contributed by atoms with Gasteiger partial charge in [-0.05, 0) is 54.8 Å². The highest BCUT2D eigenvalue weighted by Crippen LogP contribution is 2.28. The molecule has 2 aromatic rings. The Morgan fingerprint density at radius 1 is 1.11 bits per heavy atom. The maximum absolute atomic E-state index is 12.5. The highest BCUT2D eigenvalue weighted by Gasteiger charge is 2.17. The van der Waals surface area contributed by atoms with Gasteiger partial charge in [-0.2, -0.15) is 0 Å². The molecule has 0 fully saturated rings. The van der Waals surface area contributed by atoms with Gasteiger partial charge in [0.2, 0.25) is 0 Å². The standard InChI is InChI=1S/C23H26N2O3/c1-3-13-25(14-4-2)19-9-5-17(6-10-19)7-11-21(26)18-8-12-22-20(15-18)24-23(27)16-28-22/h5-12,15H,3-4,13-14,16H2,1-2H3,(H,24,27)/b11-7+. The van der Waals surface area contributed by atoms with Crippen LogP contribution in [0.15, 0.2) is 48.5 Å². The first-order valence-electron chi connectivity index (χ1n) is 9.74. The molecule has 1 heterocycles. The van der Waals surface area contributed by atoms with Crippen molar-refractivity contribution in [1.29, 1.82) is 0 Å². The highest BCUT2D eigenvalue weighted by molar-refractivity contribution is 6.08. The first-order valence-corrected chi connectivity index (χ1v) is 9.74. The van der Waals surface area contributed by atoms with E-state index in [-0.39, 0.29) is 18.3 Å². The van der Waals surface area contributed by atoms with Gasteiger partial charge >= 0.3 is 0 Å². The molecule has 5 heteroatoms. The number of anilines is 2. The zero-order valence-corrected chi connectivity index (χ0v) is 16.4. The van der Waals surface area contributed by atoms with Crippen molar-refractivity contribution in [2.45, 2.75) is 26.7 Å². The van der Waals surface area contributed by atoms with E-state index in [0.29, 0.717) is 17.0 Å².